The van der Waals surface area contributed by atoms with Gasteiger partial charge in [-0.2, -0.15) is 4.98 Å². The molecule has 2 atom stereocenters. The van der Waals surface area contributed by atoms with Gasteiger partial charge in [-0.05, 0) is 50.0 Å². The molecule has 1 spiro atoms. The zero-order valence-electron chi connectivity index (χ0n) is 21.2. The molecule has 1 aromatic rings. The lowest BCUT2D eigenvalue weighted by Crippen LogP contribution is -2.59. The van der Waals surface area contributed by atoms with Crippen LogP contribution in [0.2, 0.25) is 0 Å². The number of likely N-dealkylation sites (tertiary alicyclic amines) is 1. The number of nitrogens with zero attached hydrogens (tertiary/aromatic N) is 4. The maximum atomic E-state index is 12.2. The number of carbonyl (C=O) groups excluding carboxylic acids is 2. The summed E-state index contributed by atoms with van der Waals surface area (Å²) in [6, 6.07) is 0.0269. The first kappa shape index (κ1) is 24.5. The highest BCUT2D eigenvalue weighted by Gasteiger charge is 2.49. The smallest absolute Gasteiger partial charge is 0.245 e. The first-order chi connectivity index (χ1) is 16.2. The molecule has 8 heteroatoms. The SMILES string of the molecule is C=CC(=O)N1CC2(CCN(c3nc4c(c(N[C@H](CC(=O)NC)CC(C)C)n3)CC(C)CC4)C2)C1. The third-order valence-corrected chi connectivity index (χ3v) is 7.57. The fourth-order valence-electron chi connectivity index (χ4n) is 5.73. The van der Waals surface area contributed by atoms with Gasteiger partial charge in [0, 0.05) is 56.7 Å². The minimum atomic E-state index is 0.0158. The van der Waals surface area contributed by atoms with Gasteiger partial charge in [0.15, 0.2) is 0 Å². The lowest BCUT2D eigenvalue weighted by Gasteiger charge is -2.47. The standard InChI is InChI=1S/C26H40N6O2/c1-6-23(34)32-15-26(16-32)9-10-31(14-26)25-29-21-8-7-18(4)12-20(21)24(30-25)28-19(11-17(2)3)13-22(33)27-5/h6,17-19H,1,7-16H2,2-5H3,(H,27,33)(H,28,29,30)/t18?,19-/m0/s1. The summed E-state index contributed by atoms with van der Waals surface area (Å²) in [6.07, 6.45) is 6.84. The van der Waals surface area contributed by atoms with Gasteiger partial charge in [0.1, 0.15) is 5.82 Å². The van der Waals surface area contributed by atoms with Crippen LogP contribution in [0.25, 0.3) is 0 Å². The Labute approximate surface area is 203 Å². The van der Waals surface area contributed by atoms with Crippen LogP contribution in [0.3, 0.4) is 0 Å². The van der Waals surface area contributed by atoms with Gasteiger partial charge in [-0.1, -0.05) is 27.4 Å². The van der Waals surface area contributed by atoms with Gasteiger partial charge in [-0.3, -0.25) is 9.59 Å². The number of rotatable bonds is 8. The summed E-state index contributed by atoms with van der Waals surface area (Å²) in [7, 11) is 1.69. The second-order valence-electron chi connectivity index (χ2n) is 11.1. The first-order valence-electron chi connectivity index (χ1n) is 12.7. The molecule has 2 fully saturated rings. The van der Waals surface area contributed by atoms with Crippen LogP contribution in [0.5, 0.6) is 0 Å². The van der Waals surface area contributed by atoms with Crippen molar-refractivity contribution in [2.24, 2.45) is 17.3 Å². The minimum absolute atomic E-state index is 0.0158. The van der Waals surface area contributed by atoms with Crippen molar-refractivity contribution in [2.45, 2.75) is 65.3 Å². The van der Waals surface area contributed by atoms with Crippen LogP contribution < -0.4 is 15.5 Å². The number of fused-ring (bicyclic) bond motifs is 1. The van der Waals surface area contributed by atoms with Crippen LogP contribution >= 0.6 is 0 Å². The molecular formula is C26H40N6O2. The third-order valence-electron chi connectivity index (χ3n) is 7.57. The normalized spacial score (nSPS) is 21.7. The zero-order chi connectivity index (χ0) is 24.5. The van der Waals surface area contributed by atoms with Crippen LogP contribution in [0.4, 0.5) is 11.8 Å². The number of hydrogen-bond donors (Lipinski definition) is 2. The Morgan fingerprint density at radius 2 is 2.03 bits per heavy atom. The summed E-state index contributed by atoms with van der Waals surface area (Å²) in [5.74, 6) is 2.81. The molecule has 3 aliphatic rings. The second kappa shape index (κ2) is 9.92. The van der Waals surface area contributed by atoms with E-state index in [1.54, 1.807) is 7.05 Å². The summed E-state index contributed by atoms with van der Waals surface area (Å²) in [4.78, 5) is 38.4. The number of nitrogens with one attached hydrogen (secondary N) is 2. The summed E-state index contributed by atoms with van der Waals surface area (Å²) >= 11 is 0. The van der Waals surface area contributed by atoms with Gasteiger partial charge in [0.05, 0.1) is 5.69 Å². The predicted molar refractivity (Wildman–Crippen MR) is 135 cm³/mol. The topological polar surface area (TPSA) is 90.5 Å². The molecule has 1 aromatic heterocycles. The fraction of sp³-hybridized carbons (Fsp3) is 0.692. The Morgan fingerprint density at radius 3 is 2.71 bits per heavy atom. The molecule has 0 bridgehead atoms. The highest BCUT2D eigenvalue weighted by molar-refractivity contribution is 5.87. The van der Waals surface area contributed by atoms with Crippen LogP contribution in [0, 0.1) is 17.3 Å². The van der Waals surface area contributed by atoms with Gasteiger partial charge in [-0.25, -0.2) is 4.98 Å². The van der Waals surface area contributed by atoms with Crippen LogP contribution in [-0.2, 0) is 22.4 Å². The molecule has 2 amide bonds. The summed E-state index contributed by atoms with van der Waals surface area (Å²) in [5.41, 5.74) is 2.50. The quantitative estimate of drug-likeness (QED) is 0.570. The van der Waals surface area contributed by atoms with Crippen LogP contribution in [-0.4, -0.2) is 66.0 Å². The molecule has 1 aliphatic carbocycles. The molecule has 3 heterocycles. The Bertz CT molecular complexity index is 939. The molecular weight excluding hydrogens is 428 g/mol. The lowest BCUT2D eigenvalue weighted by molar-refractivity contribution is -0.136. The van der Waals surface area contributed by atoms with E-state index in [9.17, 15) is 9.59 Å². The molecule has 4 rings (SSSR count). The van der Waals surface area contributed by atoms with E-state index in [0.717, 1.165) is 75.7 Å². The number of anilines is 2. The molecule has 0 aromatic carbocycles. The minimum Gasteiger partial charge on any atom is -0.366 e. The second-order valence-corrected chi connectivity index (χ2v) is 11.1. The average Bonchev–Trinajstić information content (AvgIpc) is 3.23. The van der Waals surface area contributed by atoms with Crippen molar-refractivity contribution in [2.75, 3.05) is 43.4 Å². The fourth-order valence-corrected chi connectivity index (χ4v) is 5.73. The highest BCUT2D eigenvalue weighted by atomic mass is 16.2. The summed E-state index contributed by atoms with van der Waals surface area (Å²) in [6.45, 7) is 13.6. The van der Waals surface area contributed by atoms with E-state index in [-0.39, 0.29) is 23.3 Å². The summed E-state index contributed by atoms with van der Waals surface area (Å²) < 4.78 is 0. The molecule has 2 saturated heterocycles. The van der Waals surface area contributed by atoms with Gasteiger partial charge < -0.3 is 20.4 Å². The number of aromatic nitrogens is 2. The van der Waals surface area contributed by atoms with E-state index in [0.29, 0.717) is 18.3 Å². The molecule has 186 valence electrons. The Balaban J connectivity index is 1.56. The van der Waals surface area contributed by atoms with Crippen LogP contribution in [0.15, 0.2) is 12.7 Å². The highest BCUT2D eigenvalue weighted by Crippen LogP contribution is 2.41. The van der Waals surface area contributed by atoms with E-state index in [4.69, 9.17) is 9.97 Å². The van der Waals surface area contributed by atoms with E-state index < -0.39 is 0 Å². The molecule has 1 unspecified atom stereocenters. The van der Waals surface area contributed by atoms with Gasteiger partial charge in [0.25, 0.3) is 0 Å². The first-order valence-corrected chi connectivity index (χ1v) is 12.7. The van der Waals surface area contributed by atoms with Crippen molar-refractivity contribution in [3.63, 3.8) is 0 Å². The lowest BCUT2D eigenvalue weighted by atomic mass is 9.79. The van der Waals surface area contributed by atoms with Gasteiger partial charge >= 0.3 is 0 Å². The maximum absolute atomic E-state index is 12.2. The number of carbonyl (C=O) groups is 2. The largest absolute Gasteiger partial charge is 0.366 e. The van der Waals surface area contributed by atoms with Gasteiger partial charge in [0.2, 0.25) is 17.8 Å². The van der Waals surface area contributed by atoms with E-state index in [1.807, 2.05) is 4.90 Å². The van der Waals surface area contributed by atoms with Crippen molar-refractivity contribution in [3.8, 4) is 0 Å². The van der Waals surface area contributed by atoms with Crippen molar-refractivity contribution in [3.05, 3.63) is 23.9 Å². The average molecular weight is 469 g/mol. The molecule has 8 nitrogen and oxygen atoms in total. The van der Waals surface area contributed by atoms with E-state index in [2.05, 4.69) is 42.9 Å². The maximum Gasteiger partial charge on any atom is 0.245 e. The van der Waals surface area contributed by atoms with Crippen molar-refractivity contribution < 1.29 is 9.59 Å². The monoisotopic (exact) mass is 468 g/mol. The molecule has 34 heavy (non-hydrogen) atoms. The molecule has 0 saturated carbocycles. The molecule has 2 aliphatic heterocycles. The predicted octanol–water partition coefficient (Wildman–Crippen LogP) is 2.79. The number of aryl methyl sites for hydroxylation is 1. The van der Waals surface area contributed by atoms with Crippen molar-refractivity contribution in [1.29, 1.82) is 0 Å². The number of amides is 2. The van der Waals surface area contributed by atoms with Crippen LogP contribution in [0.1, 0.15) is 57.7 Å². The third kappa shape index (κ3) is 5.20. The number of hydrogen-bond acceptors (Lipinski definition) is 6. The Kier molecular flexibility index (Phi) is 7.14. The Hall–Kier alpha value is -2.64. The molecule has 0 radical (unpaired) electrons. The van der Waals surface area contributed by atoms with Gasteiger partial charge in [-0.15, -0.1) is 0 Å². The van der Waals surface area contributed by atoms with Crippen molar-refractivity contribution >= 4 is 23.6 Å². The Morgan fingerprint density at radius 1 is 1.26 bits per heavy atom. The van der Waals surface area contributed by atoms with E-state index in [1.165, 1.54) is 11.6 Å². The summed E-state index contributed by atoms with van der Waals surface area (Å²) in [5, 5.41) is 6.43. The van der Waals surface area contributed by atoms with E-state index >= 15 is 0 Å². The zero-order valence-corrected chi connectivity index (χ0v) is 21.2. The van der Waals surface area contributed by atoms with Crippen molar-refractivity contribution in [1.82, 2.24) is 20.2 Å². The molecule has 2 N–H and O–H groups in total.